The Balaban J connectivity index is 1.67. The summed E-state index contributed by atoms with van der Waals surface area (Å²) in [7, 11) is 1.66. The molecule has 0 radical (unpaired) electrons. The largest absolute Gasteiger partial charge is 0.419 e. The minimum Gasteiger partial charge on any atom is -0.408 e. The summed E-state index contributed by atoms with van der Waals surface area (Å²) in [4.78, 5) is 17.0. The summed E-state index contributed by atoms with van der Waals surface area (Å²) in [6, 6.07) is 9.34. The monoisotopic (exact) mass is 325 g/mol. The zero-order valence-corrected chi connectivity index (χ0v) is 12.9. The van der Waals surface area contributed by atoms with E-state index in [2.05, 4.69) is 10.1 Å². The minimum atomic E-state index is -0.398. The maximum absolute atomic E-state index is 11.5. The van der Waals surface area contributed by atoms with Crippen molar-refractivity contribution in [2.75, 3.05) is 0 Å². The predicted molar refractivity (Wildman–Crippen MR) is 88.0 cm³/mol. The molecule has 0 amide bonds. The smallest absolute Gasteiger partial charge is 0.408 e. The van der Waals surface area contributed by atoms with Gasteiger partial charge in [-0.1, -0.05) is 11.2 Å². The molecule has 6 nitrogen and oxygen atoms in total. The Hall–Kier alpha value is -2.93. The lowest BCUT2D eigenvalue weighted by Crippen LogP contribution is -2.08. The van der Waals surface area contributed by atoms with Crippen LogP contribution < -0.4 is 5.76 Å². The normalized spacial score (nSPS) is 11.7. The quantitative estimate of drug-likeness (QED) is 0.577. The summed E-state index contributed by atoms with van der Waals surface area (Å²) < 4.78 is 11.8. The Morgan fingerprint density at radius 3 is 3.00 bits per heavy atom. The topological polar surface area (TPSA) is 74.1 Å². The highest BCUT2D eigenvalue weighted by Crippen LogP contribution is 2.22. The van der Waals surface area contributed by atoms with Crippen LogP contribution in [0.3, 0.4) is 0 Å². The van der Waals surface area contributed by atoms with Gasteiger partial charge in [-0.3, -0.25) is 4.57 Å². The van der Waals surface area contributed by atoms with E-state index in [-0.39, 0.29) is 0 Å². The molecule has 0 saturated carbocycles. The van der Waals surface area contributed by atoms with Gasteiger partial charge in [0.1, 0.15) is 0 Å². The highest BCUT2D eigenvalue weighted by molar-refractivity contribution is 7.10. The van der Waals surface area contributed by atoms with Gasteiger partial charge in [0.25, 0.3) is 5.89 Å². The molecule has 0 saturated heterocycles. The van der Waals surface area contributed by atoms with Gasteiger partial charge in [0, 0.05) is 23.6 Å². The van der Waals surface area contributed by atoms with Crippen molar-refractivity contribution < 1.29 is 8.94 Å². The van der Waals surface area contributed by atoms with Crippen molar-refractivity contribution in [1.82, 2.24) is 14.7 Å². The van der Waals surface area contributed by atoms with Crippen LogP contribution in [-0.2, 0) is 7.05 Å². The molecule has 1 aromatic carbocycles. The molecule has 114 valence electrons. The molecule has 0 spiro atoms. The van der Waals surface area contributed by atoms with Crippen LogP contribution in [0.1, 0.15) is 10.8 Å². The highest BCUT2D eigenvalue weighted by atomic mass is 32.1. The maximum atomic E-state index is 11.5. The van der Waals surface area contributed by atoms with Crippen LogP contribution in [0.2, 0.25) is 0 Å². The Morgan fingerprint density at radius 1 is 1.26 bits per heavy atom. The molecule has 23 heavy (non-hydrogen) atoms. The molecule has 0 aliphatic rings. The first kappa shape index (κ1) is 13.7. The fraction of sp³-hybridized carbons (Fsp3) is 0.0625. The highest BCUT2D eigenvalue weighted by Gasteiger charge is 2.11. The van der Waals surface area contributed by atoms with Crippen molar-refractivity contribution in [1.29, 1.82) is 0 Å². The minimum absolute atomic E-state index is 0.398. The molecule has 0 aliphatic carbocycles. The first-order chi connectivity index (χ1) is 11.2. The molecule has 0 aliphatic heterocycles. The number of rotatable bonds is 3. The van der Waals surface area contributed by atoms with Crippen LogP contribution >= 0.6 is 11.3 Å². The molecule has 4 rings (SSSR count). The zero-order valence-electron chi connectivity index (χ0n) is 12.1. The number of aryl methyl sites for hydroxylation is 1. The number of hydrogen-bond acceptors (Lipinski definition) is 6. The average molecular weight is 325 g/mol. The van der Waals surface area contributed by atoms with Crippen molar-refractivity contribution in [3.05, 3.63) is 57.0 Å². The van der Waals surface area contributed by atoms with Crippen molar-refractivity contribution in [2.45, 2.75) is 0 Å². The van der Waals surface area contributed by atoms with Gasteiger partial charge in [-0.05, 0) is 35.7 Å². The molecule has 7 heteroatoms. The van der Waals surface area contributed by atoms with Crippen LogP contribution in [0.15, 0.2) is 49.4 Å². The maximum Gasteiger partial charge on any atom is 0.419 e. The molecule has 0 bridgehead atoms. The molecule has 0 atom stereocenters. The third-order valence-corrected chi connectivity index (χ3v) is 4.26. The predicted octanol–water partition coefficient (Wildman–Crippen LogP) is 3.41. The molecule has 0 unspecified atom stereocenters. The van der Waals surface area contributed by atoms with Gasteiger partial charge < -0.3 is 8.94 Å². The number of fused-ring (bicyclic) bond motifs is 1. The van der Waals surface area contributed by atoms with Gasteiger partial charge in [0.15, 0.2) is 5.58 Å². The van der Waals surface area contributed by atoms with E-state index in [1.54, 1.807) is 36.6 Å². The van der Waals surface area contributed by atoms with E-state index in [0.717, 1.165) is 16.0 Å². The number of aromatic nitrogens is 3. The summed E-state index contributed by atoms with van der Waals surface area (Å²) in [5.41, 5.74) is 1.95. The molecular formula is C16H11N3O3S. The second-order valence-electron chi connectivity index (χ2n) is 4.91. The first-order valence-electron chi connectivity index (χ1n) is 6.86. The van der Waals surface area contributed by atoms with Crippen LogP contribution in [0.5, 0.6) is 0 Å². The van der Waals surface area contributed by atoms with E-state index in [1.165, 1.54) is 4.57 Å². The summed E-state index contributed by atoms with van der Waals surface area (Å²) in [5, 5.41) is 5.96. The van der Waals surface area contributed by atoms with E-state index >= 15 is 0 Å². The van der Waals surface area contributed by atoms with Crippen molar-refractivity contribution >= 4 is 34.6 Å². The lowest BCUT2D eigenvalue weighted by atomic mass is 10.2. The fourth-order valence-electron chi connectivity index (χ4n) is 2.23. The van der Waals surface area contributed by atoms with Gasteiger partial charge in [-0.25, -0.2) is 4.79 Å². The van der Waals surface area contributed by atoms with Crippen LogP contribution in [0.25, 0.3) is 34.6 Å². The van der Waals surface area contributed by atoms with E-state index in [0.29, 0.717) is 17.3 Å². The number of nitrogens with zero attached hydrogens (tertiary/aromatic N) is 3. The Labute approximate surface area is 134 Å². The van der Waals surface area contributed by atoms with Gasteiger partial charge in [-0.15, -0.1) is 11.3 Å². The second-order valence-corrected chi connectivity index (χ2v) is 5.89. The van der Waals surface area contributed by atoms with Crippen LogP contribution in [0, 0.1) is 0 Å². The second kappa shape index (κ2) is 5.36. The number of thiophene rings is 1. The van der Waals surface area contributed by atoms with E-state index < -0.39 is 5.76 Å². The van der Waals surface area contributed by atoms with Crippen molar-refractivity contribution in [2.24, 2.45) is 7.05 Å². The number of benzene rings is 1. The summed E-state index contributed by atoms with van der Waals surface area (Å²) in [6.45, 7) is 0. The number of hydrogen-bond donors (Lipinski definition) is 0. The standard InChI is InChI=1S/C16H11N3O3S/c1-19-12-6-4-10(9-13(12)21-16(19)20)15-17-14(22-18-15)7-5-11-3-2-8-23-11/h2-9H,1H3/b7-5+. The van der Waals surface area contributed by atoms with E-state index in [1.807, 2.05) is 29.7 Å². The summed E-state index contributed by atoms with van der Waals surface area (Å²) in [6.07, 6.45) is 3.69. The average Bonchev–Trinajstić information content (AvgIpc) is 3.27. The summed E-state index contributed by atoms with van der Waals surface area (Å²) >= 11 is 1.63. The van der Waals surface area contributed by atoms with Gasteiger partial charge >= 0.3 is 5.76 Å². The Morgan fingerprint density at radius 2 is 2.17 bits per heavy atom. The molecule has 3 aromatic heterocycles. The molecule has 3 heterocycles. The fourth-order valence-corrected chi connectivity index (χ4v) is 2.85. The molecular weight excluding hydrogens is 314 g/mol. The zero-order chi connectivity index (χ0) is 15.8. The van der Waals surface area contributed by atoms with Crippen LogP contribution in [0.4, 0.5) is 0 Å². The Bertz CT molecular complexity index is 1050. The molecule has 4 aromatic rings. The third kappa shape index (κ3) is 2.51. The lowest BCUT2D eigenvalue weighted by molar-refractivity contribution is 0.411. The summed E-state index contributed by atoms with van der Waals surface area (Å²) in [5.74, 6) is 0.470. The van der Waals surface area contributed by atoms with Gasteiger partial charge in [-0.2, -0.15) is 4.98 Å². The van der Waals surface area contributed by atoms with Crippen molar-refractivity contribution in [3.8, 4) is 11.4 Å². The third-order valence-electron chi connectivity index (χ3n) is 3.43. The van der Waals surface area contributed by atoms with Gasteiger partial charge in [0.2, 0.25) is 5.82 Å². The SMILES string of the molecule is Cn1c(=O)oc2cc(-c3noc(/C=C/c4cccs4)n3)ccc21. The molecule has 0 fully saturated rings. The molecule has 0 N–H and O–H groups in total. The van der Waals surface area contributed by atoms with Crippen molar-refractivity contribution in [3.63, 3.8) is 0 Å². The van der Waals surface area contributed by atoms with E-state index in [4.69, 9.17) is 8.94 Å². The number of oxazole rings is 1. The Kier molecular flexibility index (Phi) is 3.20. The first-order valence-corrected chi connectivity index (χ1v) is 7.74. The van der Waals surface area contributed by atoms with Crippen LogP contribution in [-0.4, -0.2) is 14.7 Å². The van der Waals surface area contributed by atoms with E-state index in [9.17, 15) is 4.79 Å². The lowest BCUT2D eigenvalue weighted by Gasteiger charge is -1.94. The van der Waals surface area contributed by atoms with Gasteiger partial charge in [0.05, 0.1) is 5.52 Å².